The van der Waals surface area contributed by atoms with Gasteiger partial charge in [0.05, 0.1) is 12.9 Å². The Morgan fingerprint density at radius 1 is 1.67 bits per heavy atom. The van der Waals surface area contributed by atoms with Crippen molar-refractivity contribution in [1.29, 1.82) is 0 Å². The van der Waals surface area contributed by atoms with Gasteiger partial charge in [-0.05, 0) is 6.08 Å². The zero-order chi connectivity index (χ0) is 8.69. The summed E-state index contributed by atoms with van der Waals surface area (Å²) < 4.78 is 4.75. The van der Waals surface area contributed by atoms with Crippen molar-refractivity contribution in [2.75, 3.05) is 13.2 Å². The Labute approximate surface area is 76.8 Å². The van der Waals surface area contributed by atoms with E-state index in [1.807, 2.05) is 0 Å². The van der Waals surface area contributed by atoms with Crippen molar-refractivity contribution < 1.29 is 14.6 Å². The van der Waals surface area contributed by atoms with E-state index in [1.165, 1.54) is 12.3 Å². The molecule has 1 unspecified atom stereocenters. The Balaban J connectivity index is 0. The molecule has 72 valence electrons. The molecule has 0 aromatic heterocycles. The van der Waals surface area contributed by atoms with E-state index in [4.69, 9.17) is 21.3 Å². The highest BCUT2D eigenvalue weighted by Gasteiger charge is 2.05. The number of carbonyl (C=O) groups is 1. The SMILES string of the molecule is Cl.NCCOC=CC(N)C(=O)O. The topological polar surface area (TPSA) is 98.6 Å². The third kappa shape index (κ3) is 7.33. The molecule has 0 heterocycles. The lowest BCUT2D eigenvalue weighted by atomic mass is 10.3. The zero-order valence-corrected chi connectivity index (χ0v) is 7.29. The average Bonchev–Trinajstić information content (AvgIpc) is 1.97. The van der Waals surface area contributed by atoms with Crippen LogP contribution in [-0.4, -0.2) is 30.3 Å². The monoisotopic (exact) mass is 196 g/mol. The van der Waals surface area contributed by atoms with Crippen LogP contribution in [0.15, 0.2) is 12.3 Å². The minimum atomic E-state index is -1.09. The van der Waals surface area contributed by atoms with Crippen molar-refractivity contribution in [2.45, 2.75) is 6.04 Å². The third-order valence-electron chi connectivity index (χ3n) is 0.903. The summed E-state index contributed by atoms with van der Waals surface area (Å²) in [6.45, 7) is 0.759. The molecule has 0 bridgehead atoms. The van der Waals surface area contributed by atoms with E-state index in [-0.39, 0.29) is 12.4 Å². The molecule has 0 spiro atoms. The fourth-order valence-electron chi connectivity index (χ4n) is 0.359. The minimum Gasteiger partial charge on any atom is -0.500 e. The van der Waals surface area contributed by atoms with Crippen LogP contribution < -0.4 is 11.5 Å². The Bertz CT molecular complexity index is 152. The Kier molecular flexibility index (Phi) is 9.56. The summed E-state index contributed by atoms with van der Waals surface area (Å²) in [6, 6.07) is -1.01. The van der Waals surface area contributed by atoms with E-state index < -0.39 is 12.0 Å². The van der Waals surface area contributed by atoms with Crippen LogP contribution in [0.5, 0.6) is 0 Å². The summed E-state index contributed by atoms with van der Waals surface area (Å²) >= 11 is 0. The highest BCUT2D eigenvalue weighted by atomic mass is 35.5. The molecule has 0 saturated carbocycles. The van der Waals surface area contributed by atoms with Crippen LogP contribution in [0.1, 0.15) is 0 Å². The van der Waals surface area contributed by atoms with Gasteiger partial charge in [-0.25, -0.2) is 0 Å². The van der Waals surface area contributed by atoms with Crippen molar-refractivity contribution in [3.8, 4) is 0 Å². The van der Waals surface area contributed by atoms with Crippen molar-refractivity contribution >= 4 is 18.4 Å². The summed E-state index contributed by atoms with van der Waals surface area (Å²) in [7, 11) is 0. The smallest absolute Gasteiger partial charge is 0.324 e. The molecule has 6 heteroatoms. The standard InChI is InChI=1S/C6H12N2O3.ClH/c7-2-4-11-3-1-5(8)6(9)10;/h1,3,5H,2,4,7-8H2,(H,9,10);1H. The molecule has 0 rings (SSSR count). The van der Waals surface area contributed by atoms with Crippen LogP contribution in [0.2, 0.25) is 0 Å². The number of aliphatic carboxylic acids is 1. The molecule has 0 radical (unpaired) electrons. The van der Waals surface area contributed by atoms with Gasteiger partial charge in [0, 0.05) is 6.54 Å². The number of rotatable bonds is 5. The number of carboxylic acid groups (broad SMARTS) is 1. The Morgan fingerprint density at radius 2 is 2.25 bits per heavy atom. The van der Waals surface area contributed by atoms with Gasteiger partial charge >= 0.3 is 5.97 Å². The number of carboxylic acids is 1. The van der Waals surface area contributed by atoms with Crippen LogP contribution in [0, 0.1) is 0 Å². The van der Waals surface area contributed by atoms with Gasteiger partial charge in [0.2, 0.25) is 0 Å². The maximum Gasteiger partial charge on any atom is 0.324 e. The van der Waals surface area contributed by atoms with Crippen molar-refractivity contribution in [3.63, 3.8) is 0 Å². The van der Waals surface area contributed by atoms with Gasteiger partial charge in [0.15, 0.2) is 0 Å². The van der Waals surface area contributed by atoms with Gasteiger partial charge in [-0.15, -0.1) is 12.4 Å². The van der Waals surface area contributed by atoms with Gasteiger partial charge < -0.3 is 21.3 Å². The lowest BCUT2D eigenvalue weighted by Crippen LogP contribution is -2.27. The Morgan fingerprint density at radius 3 is 2.67 bits per heavy atom. The summed E-state index contributed by atoms with van der Waals surface area (Å²) in [6.07, 6.45) is 2.49. The maximum atomic E-state index is 10.1. The van der Waals surface area contributed by atoms with E-state index in [0.717, 1.165) is 0 Å². The summed E-state index contributed by atoms with van der Waals surface area (Å²) in [5.74, 6) is -1.09. The van der Waals surface area contributed by atoms with Gasteiger partial charge in [-0.2, -0.15) is 0 Å². The molecule has 0 aromatic rings. The van der Waals surface area contributed by atoms with Crippen LogP contribution >= 0.6 is 12.4 Å². The second-order valence-electron chi connectivity index (χ2n) is 1.85. The lowest BCUT2D eigenvalue weighted by molar-refractivity contribution is -0.137. The molecule has 0 aliphatic heterocycles. The largest absolute Gasteiger partial charge is 0.500 e. The minimum absolute atomic E-state index is 0. The summed E-state index contributed by atoms with van der Waals surface area (Å²) in [5, 5.41) is 8.28. The molecule has 5 nitrogen and oxygen atoms in total. The predicted octanol–water partition coefficient (Wildman–Crippen LogP) is -0.691. The molecular weight excluding hydrogens is 184 g/mol. The molecule has 1 atom stereocenters. The second-order valence-corrected chi connectivity index (χ2v) is 1.85. The van der Waals surface area contributed by atoms with Gasteiger partial charge in [-0.1, -0.05) is 0 Å². The zero-order valence-electron chi connectivity index (χ0n) is 6.47. The Hall–Kier alpha value is -0.780. The normalized spacial score (nSPS) is 12.2. The van der Waals surface area contributed by atoms with E-state index >= 15 is 0 Å². The first-order valence-electron chi connectivity index (χ1n) is 3.15. The molecule has 0 aliphatic carbocycles. The molecule has 0 aliphatic rings. The molecule has 0 aromatic carbocycles. The quantitative estimate of drug-likeness (QED) is 0.399. The summed E-state index contributed by atoms with van der Waals surface area (Å²) in [5.41, 5.74) is 10.2. The molecular formula is C6H13ClN2O3. The molecule has 12 heavy (non-hydrogen) atoms. The number of hydrogen-bond acceptors (Lipinski definition) is 4. The average molecular weight is 197 g/mol. The predicted molar refractivity (Wildman–Crippen MR) is 47.0 cm³/mol. The van der Waals surface area contributed by atoms with E-state index in [2.05, 4.69) is 0 Å². The fourth-order valence-corrected chi connectivity index (χ4v) is 0.359. The van der Waals surface area contributed by atoms with Gasteiger partial charge in [-0.3, -0.25) is 4.79 Å². The maximum absolute atomic E-state index is 10.1. The van der Waals surface area contributed by atoms with Crippen molar-refractivity contribution in [3.05, 3.63) is 12.3 Å². The second kappa shape index (κ2) is 8.32. The van der Waals surface area contributed by atoms with Gasteiger partial charge in [0.25, 0.3) is 0 Å². The van der Waals surface area contributed by atoms with Crippen LogP contribution in [0.3, 0.4) is 0 Å². The number of nitrogens with two attached hydrogens (primary N) is 2. The van der Waals surface area contributed by atoms with Gasteiger partial charge in [0.1, 0.15) is 6.04 Å². The number of hydrogen-bond donors (Lipinski definition) is 3. The molecule has 0 saturated heterocycles. The molecule has 0 amide bonds. The number of halogens is 1. The first kappa shape index (κ1) is 13.8. The fraction of sp³-hybridized carbons (Fsp3) is 0.500. The molecule has 5 N–H and O–H groups in total. The van der Waals surface area contributed by atoms with E-state index in [0.29, 0.717) is 13.2 Å². The number of ether oxygens (including phenoxy) is 1. The lowest BCUT2D eigenvalue weighted by Gasteiger charge is -1.98. The first-order valence-corrected chi connectivity index (χ1v) is 3.15. The molecule has 0 fully saturated rings. The summed E-state index contributed by atoms with van der Waals surface area (Å²) in [4.78, 5) is 10.1. The van der Waals surface area contributed by atoms with Crippen molar-refractivity contribution in [1.82, 2.24) is 0 Å². The third-order valence-corrected chi connectivity index (χ3v) is 0.903. The van der Waals surface area contributed by atoms with E-state index in [9.17, 15) is 4.79 Å². The highest BCUT2D eigenvalue weighted by molar-refractivity contribution is 5.85. The van der Waals surface area contributed by atoms with Crippen LogP contribution in [0.25, 0.3) is 0 Å². The van der Waals surface area contributed by atoms with E-state index in [1.54, 1.807) is 0 Å². The highest BCUT2D eigenvalue weighted by Crippen LogP contribution is 1.83. The van der Waals surface area contributed by atoms with Crippen LogP contribution in [-0.2, 0) is 9.53 Å². The first-order chi connectivity index (χ1) is 5.18. The van der Waals surface area contributed by atoms with Crippen molar-refractivity contribution in [2.24, 2.45) is 11.5 Å². The van der Waals surface area contributed by atoms with Crippen LogP contribution in [0.4, 0.5) is 0 Å².